The topological polar surface area (TPSA) is 42.5 Å². The van der Waals surface area contributed by atoms with E-state index in [4.69, 9.17) is 0 Å². The van der Waals surface area contributed by atoms with Gasteiger partial charge in [0.1, 0.15) is 6.34 Å². The van der Waals surface area contributed by atoms with Crippen molar-refractivity contribution in [3.8, 4) is 0 Å². The van der Waals surface area contributed by atoms with Crippen LogP contribution >= 0.6 is 0 Å². The minimum Gasteiger partial charge on any atom is -0.319 e. The lowest BCUT2D eigenvalue weighted by molar-refractivity contribution is 0.912. The number of hydrogen-bond acceptors (Lipinski definition) is 2. The van der Waals surface area contributed by atoms with Crippen molar-refractivity contribution in [3.05, 3.63) is 12.0 Å². The average Bonchev–Trinajstić information content (AvgIpc) is 2.62. The summed E-state index contributed by atoms with van der Waals surface area (Å²) in [7, 11) is 1.88. The molecule has 4 nitrogen and oxygen atoms in total. The van der Waals surface area contributed by atoms with Crippen LogP contribution in [-0.2, 0) is 7.05 Å². The molecule has 0 fully saturated rings. The van der Waals surface area contributed by atoms with Gasteiger partial charge < -0.3 is 4.57 Å². The Morgan fingerprint density at radius 2 is 1.87 bits per heavy atom. The summed E-state index contributed by atoms with van der Waals surface area (Å²) >= 11 is 0. The van der Waals surface area contributed by atoms with Crippen LogP contribution in [0.5, 0.6) is 0 Å². The van der Waals surface area contributed by atoms with Crippen molar-refractivity contribution in [1.29, 1.82) is 0 Å². The standard InChI is InChI=1S/C7H10N4.2C2H6/c1-6-7(9-4-8-2)11(3)5-10-6;2*1-2/h4-5H,2H2,1,3H3;2*1-2H3/b9-4-;;. The minimum absolute atomic E-state index is 0.817. The van der Waals surface area contributed by atoms with Gasteiger partial charge in [0.2, 0.25) is 0 Å². The maximum Gasteiger partial charge on any atom is 0.156 e. The molecule has 1 heterocycles. The molecule has 15 heavy (non-hydrogen) atoms. The lowest BCUT2D eigenvalue weighted by atomic mass is 10.5. The molecule has 4 heteroatoms. The molecule has 0 N–H and O–H groups in total. The molecule has 0 saturated heterocycles. The Morgan fingerprint density at radius 1 is 1.33 bits per heavy atom. The van der Waals surface area contributed by atoms with Crippen molar-refractivity contribution in [1.82, 2.24) is 9.55 Å². The quantitative estimate of drug-likeness (QED) is 0.546. The summed E-state index contributed by atoms with van der Waals surface area (Å²) < 4.78 is 1.83. The summed E-state index contributed by atoms with van der Waals surface area (Å²) in [5, 5.41) is 0. The highest BCUT2D eigenvalue weighted by molar-refractivity contribution is 5.65. The molecule has 0 amide bonds. The highest BCUT2D eigenvalue weighted by Crippen LogP contribution is 2.13. The Morgan fingerprint density at radius 3 is 2.20 bits per heavy atom. The van der Waals surface area contributed by atoms with Crippen LogP contribution < -0.4 is 0 Å². The van der Waals surface area contributed by atoms with E-state index in [0.29, 0.717) is 0 Å². The molecule has 1 aromatic heterocycles. The third-order valence-electron chi connectivity index (χ3n) is 1.34. The fraction of sp³-hybridized carbons (Fsp3) is 0.545. The molecule has 0 atom stereocenters. The summed E-state index contributed by atoms with van der Waals surface area (Å²) in [6.07, 6.45) is 3.12. The van der Waals surface area contributed by atoms with Crippen molar-refractivity contribution >= 4 is 18.9 Å². The van der Waals surface area contributed by atoms with E-state index in [0.717, 1.165) is 11.5 Å². The predicted molar refractivity (Wildman–Crippen MR) is 68.3 cm³/mol. The van der Waals surface area contributed by atoms with E-state index >= 15 is 0 Å². The zero-order valence-electron chi connectivity index (χ0n) is 10.7. The van der Waals surface area contributed by atoms with E-state index in [9.17, 15) is 0 Å². The van der Waals surface area contributed by atoms with Gasteiger partial charge in [0.15, 0.2) is 5.82 Å². The molecule has 0 aliphatic carbocycles. The van der Waals surface area contributed by atoms with Crippen molar-refractivity contribution < 1.29 is 0 Å². The highest BCUT2D eigenvalue weighted by Gasteiger charge is 1.99. The molecular weight excluding hydrogens is 188 g/mol. The van der Waals surface area contributed by atoms with Crippen LogP contribution in [0.4, 0.5) is 5.82 Å². The van der Waals surface area contributed by atoms with Gasteiger partial charge in [-0.3, -0.25) is 4.99 Å². The number of aliphatic imine (C=N–C) groups is 2. The number of imidazole rings is 1. The molecule has 0 bridgehead atoms. The summed E-state index contributed by atoms with van der Waals surface area (Å²) in [6.45, 7) is 13.2. The van der Waals surface area contributed by atoms with Crippen LogP contribution in [0.25, 0.3) is 0 Å². The molecule has 0 aromatic carbocycles. The lowest BCUT2D eigenvalue weighted by Gasteiger charge is -1.93. The summed E-state index contributed by atoms with van der Waals surface area (Å²) in [6, 6.07) is 0. The van der Waals surface area contributed by atoms with E-state index in [2.05, 4.69) is 21.7 Å². The lowest BCUT2D eigenvalue weighted by Crippen LogP contribution is -1.83. The molecule has 0 spiro atoms. The molecule has 0 saturated carbocycles. The van der Waals surface area contributed by atoms with E-state index < -0.39 is 0 Å². The normalized spacial score (nSPS) is 8.67. The molecule has 0 radical (unpaired) electrons. The second-order valence-electron chi connectivity index (χ2n) is 2.19. The molecule has 0 aliphatic rings. The van der Waals surface area contributed by atoms with Crippen LogP contribution in [-0.4, -0.2) is 22.6 Å². The van der Waals surface area contributed by atoms with Gasteiger partial charge >= 0.3 is 0 Å². The SMILES string of the molecule is C=N/C=N\c1c(C)ncn1C.CC.CC. The first-order valence-corrected chi connectivity index (χ1v) is 5.22. The van der Waals surface area contributed by atoms with E-state index in [1.807, 2.05) is 46.2 Å². The summed E-state index contributed by atoms with van der Waals surface area (Å²) in [5.41, 5.74) is 0.896. The molecule has 0 aliphatic heterocycles. The molecule has 86 valence electrons. The second kappa shape index (κ2) is 10.6. The Kier molecular flexibility index (Phi) is 11.3. The summed E-state index contributed by atoms with van der Waals surface area (Å²) in [4.78, 5) is 11.6. The van der Waals surface area contributed by atoms with E-state index in [1.165, 1.54) is 6.34 Å². The number of nitrogens with zero attached hydrogens (tertiary/aromatic N) is 4. The zero-order valence-corrected chi connectivity index (χ0v) is 10.7. The van der Waals surface area contributed by atoms with Crippen LogP contribution in [0.15, 0.2) is 16.3 Å². The van der Waals surface area contributed by atoms with Gasteiger partial charge in [-0.1, -0.05) is 27.7 Å². The highest BCUT2D eigenvalue weighted by atomic mass is 15.1. The van der Waals surface area contributed by atoms with Gasteiger partial charge in [-0.2, -0.15) is 0 Å². The third-order valence-corrected chi connectivity index (χ3v) is 1.34. The smallest absolute Gasteiger partial charge is 0.156 e. The zero-order chi connectivity index (χ0) is 12.3. The number of rotatable bonds is 2. The van der Waals surface area contributed by atoms with Crippen LogP contribution in [0.1, 0.15) is 33.4 Å². The minimum atomic E-state index is 0.817. The first kappa shape index (κ1) is 16.0. The van der Waals surface area contributed by atoms with Crippen LogP contribution in [0.2, 0.25) is 0 Å². The summed E-state index contributed by atoms with van der Waals surface area (Å²) in [5.74, 6) is 0.817. The fourth-order valence-electron chi connectivity index (χ4n) is 0.821. The first-order chi connectivity index (χ1) is 7.25. The van der Waals surface area contributed by atoms with Gasteiger partial charge in [0.25, 0.3) is 0 Å². The largest absolute Gasteiger partial charge is 0.319 e. The van der Waals surface area contributed by atoms with E-state index in [-0.39, 0.29) is 0 Å². The predicted octanol–water partition coefficient (Wildman–Crippen LogP) is 3.14. The van der Waals surface area contributed by atoms with Gasteiger partial charge in [-0.05, 0) is 13.6 Å². The Balaban J connectivity index is 0. The van der Waals surface area contributed by atoms with Crippen LogP contribution in [0.3, 0.4) is 0 Å². The van der Waals surface area contributed by atoms with Crippen molar-refractivity contribution in [2.45, 2.75) is 34.6 Å². The fourth-order valence-corrected chi connectivity index (χ4v) is 0.821. The maximum atomic E-state index is 4.06. The Bertz CT molecular complexity index is 267. The number of hydrogen-bond donors (Lipinski definition) is 0. The van der Waals surface area contributed by atoms with Crippen LogP contribution in [0, 0.1) is 6.92 Å². The van der Waals surface area contributed by atoms with E-state index in [1.54, 1.807) is 6.33 Å². The number of aromatic nitrogens is 2. The Hall–Kier alpha value is -1.45. The van der Waals surface area contributed by atoms with Crippen molar-refractivity contribution in [2.75, 3.05) is 0 Å². The van der Waals surface area contributed by atoms with Crippen molar-refractivity contribution in [2.24, 2.45) is 17.0 Å². The first-order valence-electron chi connectivity index (χ1n) is 5.22. The molecular formula is C11H22N4. The molecule has 1 rings (SSSR count). The number of aryl methyl sites for hydroxylation is 2. The average molecular weight is 210 g/mol. The Labute approximate surface area is 92.8 Å². The van der Waals surface area contributed by atoms with Gasteiger partial charge in [0, 0.05) is 7.05 Å². The second-order valence-corrected chi connectivity index (χ2v) is 2.19. The molecule has 0 unspecified atom stereocenters. The monoisotopic (exact) mass is 210 g/mol. The van der Waals surface area contributed by atoms with Gasteiger partial charge in [0.05, 0.1) is 12.0 Å². The third kappa shape index (κ3) is 5.78. The van der Waals surface area contributed by atoms with Gasteiger partial charge in [-0.15, -0.1) is 0 Å². The maximum absolute atomic E-state index is 4.06. The molecule has 1 aromatic rings. The van der Waals surface area contributed by atoms with Crippen molar-refractivity contribution in [3.63, 3.8) is 0 Å². The van der Waals surface area contributed by atoms with Gasteiger partial charge in [-0.25, -0.2) is 9.98 Å².